The van der Waals surface area contributed by atoms with E-state index in [1.165, 1.54) is 31.3 Å². The first-order valence-corrected chi connectivity index (χ1v) is 4.26. The summed E-state index contributed by atoms with van der Waals surface area (Å²) in [6.07, 6.45) is 8.45. The molecule has 0 heterocycles. The first-order chi connectivity index (χ1) is 4.81. The van der Waals surface area contributed by atoms with Crippen LogP contribution in [0.4, 0.5) is 0 Å². The van der Waals surface area contributed by atoms with Crippen molar-refractivity contribution in [2.45, 2.75) is 46.0 Å². The van der Waals surface area contributed by atoms with Crippen molar-refractivity contribution in [3.8, 4) is 0 Å². The van der Waals surface area contributed by atoms with Crippen LogP contribution in [0.2, 0.25) is 0 Å². The summed E-state index contributed by atoms with van der Waals surface area (Å²) in [5, 5.41) is 0. The quantitative estimate of drug-likeness (QED) is 0.402. The maximum absolute atomic E-state index is 3.80. The Balaban J connectivity index is 3.16. The molecule has 0 nitrogen and oxygen atoms in total. The van der Waals surface area contributed by atoms with Gasteiger partial charge in [-0.2, -0.15) is 0 Å². The molecular weight excluding hydrogens is 120 g/mol. The molecule has 0 spiro atoms. The summed E-state index contributed by atoms with van der Waals surface area (Å²) in [5.41, 5.74) is 1.52. The molecule has 0 aromatic rings. The largest absolute Gasteiger partial charge is 0.0856 e. The minimum absolute atomic E-state index is 1.08. The van der Waals surface area contributed by atoms with Crippen LogP contribution in [0, 0.1) is 6.92 Å². The molecule has 10 heavy (non-hydrogen) atoms. The minimum Gasteiger partial charge on any atom is -0.0856 e. The molecule has 0 fully saturated rings. The first kappa shape index (κ1) is 9.74. The van der Waals surface area contributed by atoms with Gasteiger partial charge in [0.25, 0.3) is 0 Å². The lowest BCUT2D eigenvalue weighted by Gasteiger charge is -1.95. The SMILES string of the molecule is [CH2]CCCC/C=C(\C)CC. The van der Waals surface area contributed by atoms with E-state index in [-0.39, 0.29) is 0 Å². The Morgan fingerprint density at radius 1 is 1.40 bits per heavy atom. The van der Waals surface area contributed by atoms with Crippen LogP contribution in [-0.4, -0.2) is 0 Å². The molecular formula is C10H19. The Kier molecular flexibility index (Phi) is 6.68. The number of unbranched alkanes of at least 4 members (excludes halogenated alkanes) is 3. The van der Waals surface area contributed by atoms with E-state index in [4.69, 9.17) is 0 Å². The topological polar surface area (TPSA) is 0 Å². The van der Waals surface area contributed by atoms with Crippen LogP contribution in [0.5, 0.6) is 0 Å². The van der Waals surface area contributed by atoms with Crippen LogP contribution in [0.1, 0.15) is 46.0 Å². The van der Waals surface area contributed by atoms with Crippen molar-refractivity contribution < 1.29 is 0 Å². The van der Waals surface area contributed by atoms with Crippen molar-refractivity contribution >= 4 is 0 Å². The van der Waals surface area contributed by atoms with Crippen LogP contribution in [-0.2, 0) is 0 Å². The highest BCUT2D eigenvalue weighted by Gasteiger charge is 1.84. The third-order valence-electron chi connectivity index (χ3n) is 1.75. The van der Waals surface area contributed by atoms with Gasteiger partial charge in [-0.1, -0.05) is 38.3 Å². The molecule has 0 saturated carbocycles. The van der Waals surface area contributed by atoms with E-state index < -0.39 is 0 Å². The predicted molar refractivity (Wildman–Crippen MR) is 47.9 cm³/mol. The summed E-state index contributed by atoms with van der Waals surface area (Å²) in [4.78, 5) is 0. The Labute approximate surface area is 65.3 Å². The minimum atomic E-state index is 1.08. The van der Waals surface area contributed by atoms with Crippen LogP contribution in [0.3, 0.4) is 0 Å². The molecule has 0 aromatic heterocycles. The lowest BCUT2D eigenvalue weighted by molar-refractivity contribution is 0.756. The molecule has 0 rings (SSSR count). The van der Waals surface area contributed by atoms with Gasteiger partial charge >= 0.3 is 0 Å². The van der Waals surface area contributed by atoms with E-state index in [0.717, 1.165) is 6.42 Å². The Morgan fingerprint density at radius 3 is 2.60 bits per heavy atom. The van der Waals surface area contributed by atoms with Crippen LogP contribution >= 0.6 is 0 Å². The van der Waals surface area contributed by atoms with Crippen LogP contribution in [0.25, 0.3) is 0 Å². The van der Waals surface area contributed by atoms with E-state index in [1.54, 1.807) is 0 Å². The van der Waals surface area contributed by atoms with Gasteiger partial charge in [-0.05, 0) is 26.2 Å². The standard InChI is InChI=1S/C10H19/c1-4-6-7-8-9-10(3)5-2/h9H,1,4-8H2,2-3H3/b10-9+. The predicted octanol–water partition coefficient (Wildman–Crippen LogP) is 3.74. The van der Waals surface area contributed by atoms with Gasteiger partial charge in [-0.25, -0.2) is 0 Å². The van der Waals surface area contributed by atoms with Crippen molar-refractivity contribution in [1.29, 1.82) is 0 Å². The average molecular weight is 139 g/mol. The highest BCUT2D eigenvalue weighted by molar-refractivity contribution is 4.96. The zero-order valence-electron chi connectivity index (χ0n) is 7.32. The average Bonchev–Trinajstić information content (AvgIpc) is 1.98. The summed E-state index contributed by atoms with van der Waals surface area (Å²) in [7, 11) is 0. The van der Waals surface area contributed by atoms with E-state index >= 15 is 0 Å². The van der Waals surface area contributed by atoms with Gasteiger partial charge < -0.3 is 0 Å². The highest BCUT2D eigenvalue weighted by Crippen LogP contribution is 2.04. The maximum atomic E-state index is 3.80. The van der Waals surface area contributed by atoms with Crippen molar-refractivity contribution in [3.05, 3.63) is 18.6 Å². The monoisotopic (exact) mass is 139 g/mol. The number of hydrogen-bond donors (Lipinski definition) is 0. The molecule has 0 heteroatoms. The number of allylic oxidation sites excluding steroid dienone is 2. The van der Waals surface area contributed by atoms with Gasteiger partial charge in [0, 0.05) is 0 Å². The van der Waals surface area contributed by atoms with Crippen molar-refractivity contribution in [2.24, 2.45) is 0 Å². The second-order valence-corrected chi connectivity index (χ2v) is 2.75. The zero-order chi connectivity index (χ0) is 7.82. The lowest BCUT2D eigenvalue weighted by atomic mass is 10.1. The highest BCUT2D eigenvalue weighted by atomic mass is 13.9. The van der Waals surface area contributed by atoms with Gasteiger partial charge in [0.15, 0.2) is 0 Å². The van der Waals surface area contributed by atoms with Gasteiger partial charge in [-0.3, -0.25) is 0 Å². The lowest BCUT2D eigenvalue weighted by Crippen LogP contribution is -1.74. The van der Waals surface area contributed by atoms with E-state index in [1.807, 2.05) is 0 Å². The fourth-order valence-corrected chi connectivity index (χ4v) is 0.814. The van der Waals surface area contributed by atoms with E-state index in [0.29, 0.717) is 0 Å². The molecule has 1 radical (unpaired) electrons. The summed E-state index contributed by atoms with van der Waals surface area (Å²) in [5.74, 6) is 0. The fourth-order valence-electron chi connectivity index (χ4n) is 0.814. The van der Waals surface area contributed by atoms with Gasteiger partial charge in [0.05, 0.1) is 0 Å². The maximum Gasteiger partial charge on any atom is -0.0348 e. The van der Waals surface area contributed by atoms with Crippen molar-refractivity contribution in [1.82, 2.24) is 0 Å². The number of hydrogen-bond acceptors (Lipinski definition) is 0. The fraction of sp³-hybridized carbons (Fsp3) is 0.700. The van der Waals surface area contributed by atoms with Crippen LogP contribution in [0.15, 0.2) is 11.6 Å². The third-order valence-corrected chi connectivity index (χ3v) is 1.75. The third kappa shape index (κ3) is 5.87. The Morgan fingerprint density at radius 2 is 2.10 bits per heavy atom. The van der Waals surface area contributed by atoms with E-state index in [2.05, 4.69) is 26.8 Å². The molecule has 0 aliphatic heterocycles. The summed E-state index contributed by atoms with van der Waals surface area (Å²) < 4.78 is 0. The van der Waals surface area contributed by atoms with Crippen LogP contribution < -0.4 is 0 Å². The molecule has 0 N–H and O–H groups in total. The molecule has 0 amide bonds. The van der Waals surface area contributed by atoms with Crippen molar-refractivity contribution in [3.63, 3.8) is 0 Å². The molecule has 59 valence electrons. The summed E-state index contributed by atoms with van der Waals surface area (Å²) in [6, 6.07) is 0. The van der Waals surface area contributed by atoms with Gasteiger partial charge in [0.2, 0.25) is 0 Å². The van der Waals surface area contributed by atoms with Crippen molar-refractivity contribution in [2.75, 3.05) is 0 Å². The molecule has 0 aliphatic rings. The second-order valence-electron chi connectivity index (χ2n) is 2.75. The molecule has 0 saturated heterocycles. The molecule has 0 unspecified atom stereocenters. The summed E-state index contributed by atoms with van der Waals surface area (Å²) in [6.45, 7) is 8.20. The van der Waals surface area contributed by atoms with E-state index in [9.17, 15) is 0 Å². The molecule has 0 bridgehead atoms. The normalized spacial score (nSPS) is 12.1. The van der Waals surface area contributed by atoms with Gasteiger partial charge in [-0.15, -0.1) is 0 Å². The first-order valence-electron chi connectivity index (χ1n) is 4.26. The number of rotatable bonds is 5. The second kappa shape index (κ2) is 6.85. The smallest absolute Gasteiger partial charge is 0.0348 e. The van der Waals surface area contributed by atoms with Gasteiger partial charge in [0.1, 0.15) is 0 Å². The molecule has 0 aliphatic carbocycles. The molecule has 0 atom stereocenters. The zero-order valence-corrected chi connectivity index (χ0v) is 7.32. The summed E-state index contributed by atoms with van der Waals surface area (Å²) >= 11 is 0. The molecule has 0 aromatic carbocycles. The Hall–Kier alpha value is -0.260. The Bertz CT molecular complexity index is 90.2.